The van der Waals surface area contributed by atoms with Crippen LogP contribution in [-0.2, 0) is 10.8 Å². The quantitative estimate of drug-likeness (QED) is 0.889. The predicted molar refractivity (Wildman–Crippen MR) is 65.0 cm³/mol. The van der Waals surface area contributed by atoms with E-state index >= 15 is 0 Å². The van der Waals surface area contributed by atoms with Crippen molar-refractivity contribution < 1.29 is 4.21 Å². The van der Waals surface area contributed by atoms with Crippen molar-refractivity contribution in [2.45, 2.75) is 9.10 Å². The summed E-state index contributed by atoms with van der Waals surface area (Å²) in [6.45, 7) is 0. The van der Waals surface area contributed by atoms with Crippen LogP contribution in [0.2, 0.25) is 0 Å². The van der Waals surface area contributed by atoms with E-state index in [1.807, 2.05) is 49.5 Å². The molecule has 1 unspecified atom stereocenters. The number of rotatable bonds is 3. The lowest BCUT2D eigenvalue weighted by molar-refractivity contribution is 0.684. The number of benzene rings is 1. The van der Waals surface area contributed by atoms with Gasteiger partial charge >= 0.3 is 0 Å². The van der Waals surface area contributed by atoms with Crippen molar-refractivity contribution in [3.8, 4) is 0 Å². The summed E-state index contributed by atoms with van der Waals surface area (Å²) in [6.07, 6.45) is 0. The molecule has 2 rings (SSSR count). The summed E-state index contributed by atoms with van der Waals surface area (Å²) in [5, 5.41) is 4.07. The van der Waals surface area contributed by atoms with Crippen LogP contribution in [-0.4, -0.2) is 11.3 Å². The topological polar surface area (TPSA) is 29.1 Å². The molecule has 0 amide bonds. The summed E-state index contributed by atoms with van der Waals surface area (Å²) in [5.74, 6) is 0. The highest BCUT2D eigenvalue weighted by molar-refractivity contribution is 7.87. The fourth-order valence-corrected chi connectivity index (χ4v) is 3.49. The van der Waals surface area contributed by atoms with Crippen molar-refractivity contribution in [2.24, 2.45) is 0 Å². The fraction of sp³-hybridized carbons (Fsp3) is 0.0909. The Morgan fingerprint density at radius 2 is 1.87 bits per heavy atom. The van der Waals surface area contributed by atoms with Crippen molar-refractivity contribution in [1.29, 1.82) is 0 Å². The molecule has 15 heavy (non-hydrogen) atoms. The largest absolute Gasteiger partial charge is 0.380 e. The minimum atomic E-state index is -1.05. The second-order valence-corrected chi connectivity index (χ2v) is 5.74. The Bertz CT molecular complexity index is 464. The van der Waals surface area contributed by atoms with E-state index in [0.717, 1.165) is 14.1 Å². The number of hydrogen-bond donors (Lipinski definition) is 1. The Morgan fingerprint density at radius 3 is 2.47 bits per heavy atom. The Morgan fingerprint density at radius 1 is 1.13 bits per heavy atom. The van der Waals surface area contributed by atoms with Crippen molar-refractivity contribution in [3.63, 3.8) is 0 Å². The van der Waals surface area contributed by atoms with Crippen LogP contribution in [0.4, 0.5) is 5.00 Å². The maximum Gasteiger partial charge on any atom is 0.0981 e. The van der Waals surface area contributed by atoms with Crippen LogP contribution >= 0.6 is 11.3 Å². The van der Waals surface area contributed by atoms with Crippen LogP contribution in [0.5, 0.6) is 0 Å². The maximum atomic E-state index is 12.1. The second kappa shape index (κ2) is 4.59. The third-order valence-electron chi connectivity index (χ3n) is 1.97. The molecule has 0 spiro atoms. The molecule has 78 valence electrons. The zero-order chi connectivity index (χ0) is 10.7. The van der Waals surface area contributed by atoms with Gasteiger partial charge < -0.3 is 5.32 Å². The summed E-state index contributed by atoms with van der Waals surface area (Å²) in [5.41, 5.74) is 0. The van der Waals surface area contributed by atoms with Crippen molar-refractivity contribution in [1.82, 2.24) is 0 Å². The molecule has 0 aliphatic rings. The molecule has 0 aliphatic heterocycles. The normalized spacial score (nSPS) is 12.3. The van der Waals surface area contributed by atoms with E-state index in [-0.39, 0.29) is 0 Å². The predicted octanol–water partition coefficient (Wildman–Crippen LogP) is 2.96. The van der Waals surface area contributed by atoms with E-state index in [0.29, 0.717) is 0 Å². The maximum absolute atomic E-state index is 12.1. The third kappa shape index (κ3) is 2.27. The highest BCUT2D eigenvalue weighted by atomic mass is 32.2. The van der Waals surface area contributed by atoms with Gasteiger partial charge in [0.2, 0.25) is 0 Å². The van der Waals surface area contributed by atoms with E-state index in [1.165, 1.54) is 11.3 Å². The number of anilines is 1. The molecule has 1 aromatic heterocycles. The van der Waals surface area contributed by atoms with Crippen molar-refractivity contribution in [3.05, 3.63) is 42.5 Å². The summed E-state index contributed by atoms with van der Waals surface area (Å²) in [6, 6.07) is 13.3. The van der Waals surface area contributed by atoms with Gasteiger partial charge in [-0.15, -0.1) is 11.3 Å². The molecule has 0 saturated heterocycles. The minimum absolute atomic E-state index is 0.849. The first-order chi connectivity index (χ1) is 7.31. The van der Waals surface area contributed by atoms with Gasteiger partial charge in [0.05, 0.1) is 20.0 Å². The van der Waals surface area contributed by atoms with Crippen molar-refractivity contribution >= 4 is 27.1 Å². The average Bonchev–Trinajstić information content (AvgIpc) is 2.78. The van der Waals surface area contributed by atoms with Gasteiger partial charge in [0.1, 0.15) is 0 Å². The minimum Gasteiger partial charge on any atom is -0.380 e. The summed E-state index contributed by atoms with van der Waals surface area (Å²) >= 11 is 1.52. The van der Waals surface area contributed by atoms with Gasteiger partial charge in [0.25, 0.3) is 0 Å². The van der Waals surface area contributed by atoms with Crippen LogP contribution in [0, 0.1) is 0 Å². The van der Waals surface area contributed by atoms with Gasteiger partial charge in [-0.2, -0.15) is 0 Å². The smallest absolute Gasteiger partial charge is 0.0981 e. The monoisotopic (exact) mass is 237 g/mol. The second-order valence-electron chi connectivity index (χ2n) is 2.95. The van der Waals surface area contributed by atoms with Gasteiger partial charge in [-0.05, 0) is 24.3 Å². The molecule has 2 aromatic rings. The molecule has 0 radical (unpaired) electrons. The van der Waals surface area contributed by atoms with Crippen LogP contribution in [0.15, 0.2) is 51.6 Å². The van der Waals surface area contributed by atoms with Gasteiger partial charge in [-0.25, -0.2) is 4.21 Å². The Kier molecular flexibility index (Phi) is 3.18. The van der Waals surface area contributed by atoms with E-state index in [4.69, 9.17) is 0 Å². The Hall–Kier alpha value is -1.13. The van der Waals surface area contributed by atoms with Crippen molar-refractivity contribution in [2.75, 3.05) is 12.4 Å². The molecule has 2 nitrogen and oxygen atoms in total. The first kappa shape index (κ1) is 10.4. The van der Waals surface area contributed by atoms with E-state index in [1.54, 1.807) is 0 Å². The highest BCUT2D eigenvalue weighted by Gasteiger charge is 2.08. The molecular weight excluding hydrogens is 226 g/mol. The van der Waals surface area contributed by atoms with Gasteiger partial charge in [0.15, 0.2) is 0 Å². The summed E-state index contributed by atoms with van der Waals surface area (Å²) in [7, 11) is 0.813. The van der Waals surface area contributed by atoms with Crippen LogP contribution < -0.4 is 5.32 Å². The van der Waals surface area contributed by atoms with E-state index in [9.17, 15) is 4.21 Å². The number of hydrogen-bond acceptors (Lipinski definition) is 3. The molecule has 1 N–H and O–H groups in total. The zero-order valence-corrected chi connectivity index (χ0v) is 9.90. The van der Waals surface area contributed by atoms with E-state index in [2.05, 4.69) is 5.32 Å². The lowest BCUT2D eigenvalue weighted by Crippen LogP contribution is -1.88. The Balaban J connectivity index is 2.29. The molecular formula is C11H11NOS2. The summed E-state index contributed by atoms with van der Waals surface area (Å²) < 4.78 is 12.9. The van der Waals surface area contributed by atoms with Gasteiger partial charge in [0, 0.05) is 11.9 Å². The molecule has 0 fully saturated rings. The SMILES string of the molecule is CNc1ccc(S(=O)c2ccccc2)s1. The molecule has 1 aromatic carbocycles. The lowest BCUT2D eigenvalue weighted by atomic mass is 10.4. The van der Waals surface area contributed by atoms with Crippen LogP contribution in [0.3, 0.4) is 0 Å². The zero-order valence-electron chi connectivity index (χ0n) is 8.27. The molecule has 0 bridgehead atoms. The fourth-order valence-electron chi connectivity index (χ4n) is 1.21. The molecule has 4 heteroatoms. The molecule has 0 aliphatic carbocycles. The summed E-state index contributed by atoms with van der Waals surface area (Å²) in [4.78, 5) is 0.849. The Labute approximate surface area is 95.4 Å². The van der Waals surface area contributed by atoms with Gasteiger partial charge in [-0.3, -0.25) is 0 Å². The lowest BCUT2D eigenvalue weighted by Gasteiger charge is -1.97. The van der Waals surface area contributed by atoms with Crippen LogP contribution in [0.1, 0.15) is 0 Å². The third-order valence-corrected chi connectivity index (χ3v) is 4.77. The molecule has 0 saturated carbocycles. The average molecular weight is 237 g/mol. The highest BCUT2D eigenvalue weighted by Crippen LogP contribution is 2.27. The van der Waals surface area contributed by atoms with Gasteiger partial charge in [-0.1, -0.05) is 18.2 Å². The molecule has 1 atom stereocenters. The molecule has 1 heterocycles. The first-order valence-electron chi connectivity index (χ1n) is 4.55. The number of thiophene rings is 1. The number of nitrogens with one attached hydrogen (secondary N) is 1. The first-order valence-corrected chi connectivity index (χ1v) is 6.52. The standard InChI is InChI=1S/C11H11NOS2/c1-12-10-7-8-11(14-10)15(13)9-5-3-2-4-6-9/h2-8,12H,1H3. The van der Waals surface area contributed by atoms with E-state index < -0.39 is 10.8 Å². The van der Waals surface area contributed by atoms with Crippen LogP contribution in [0.25, 0.3) is 0 Å².